The monoisotopic (exact) mass is 534 g/mol. The van der Waals surface area contributed by atoms with E-state index in [1.165, 1.54) is 12.1 Å². The Morgan fingerprint density at radius 3 is 2.20 bits per heavy atom. The summed E-state index contributed by atoms with van der Waals surface area (Å²) in [6.45, 7) is 5.47. The molecule has 0 spiro atoms. The molecule has 0 aliphatic heterocycles. The second kappa shape index (κ2) is 11.4. The van der Waals surface area contributed by atoms with E-state index >= 15 is 0 Å². The van der Waals surface area contributed by atoms with Crippen molar-refractivity contribution in [1.82, 2.24) is 0 Å². The zero-order valence-electron chi connectivity index (χ0n) is 19.9. The number of nitrogens with one attached hydrogen (secondary N) is 1. The number of rotatable bonds is 8. The first kappa shape index (κ1) is 27.0. The molecule has 186 valence electrons. The number of aliphatic hydroxyl groups is 1. The van der Waals surface area contributed by atoms with E-state index in [9.17, 15) is 13.5 Å². The number of aliphatic hydroxyl groups excluding tert-OH is 1. The van der Waals surface area contributed by atoms with Crippen LogP contribution in [0.3, 0.4) is 0 Å². The van der Waals surface area contributed by atoms with Gasteiger partial charge in [0, 0.05) is 23.9 Å². The average Bonchev–Trinajstić information content (AvgIpc) is 2.82. The summed E-state index contributed by atoms with van der Waals surface area (Å²) >= 11 is 13.3. The second-order valence-electron chi connectivity index (χ2n) is 8.09. The van der Waals surface area contributed by atoms with Crippen LogP contribution in [0.1, 0.15) is 32.4 Å². The van der Waals surface area contributed by atoms with Crippen molar-refractivity contribution in [3.05, 3.63) is 76.3 Å². The van der Waals surface area contributed by atoms with E-state index in [1.54, 1.807) is 38.2 Å². The molecule has 0 radical (unpaired) electrons. The number of amidine groups is 1. The number of nitrogens with zero attached hydrogens (tertiary/aromatic N) is 1. The van der Waals surface area contributed by atoms with Crippen LogP contribution < -0.4 is 10.1 Å². The van der Waals surface area contributed by atoms with Crippen LogP contribution in [-0.4, -0.2) is 38.3 Å². The molecule has 0 saturated heterocycles. The predicted octanol–water partition coefficient (Wildman–Crippen LogP) is 6.42. The standard InChI is InChI=1S/C26H28Cl2N2O4S/c1-5-35(32,33)19-12-10-17(11-13-19)25(31)26(29-4)30-18-14-21(27)24(22(28)15-18)20-8-6-7-9-23(20)34-16(2)3/h6-16,25,31H,5H2,1-4H3,(H,29,30). The minimum Gasteiger partial charge on any atom is -0.490 e. The molecule has 0 heterocycles. The second-order valence-corrected chi connectivity index (χ2v) is 11.2. The maximum Gasteiger partial charge on any atom is 0.178 e. The fraction of sp³-hybridized carbons (Fsp3) is 0.269. The number of aliphatic imine (C=N–C) groups is 1. The Kier molecular flexibility index (Phi) is 8.83. The van der Waals surface area contributed by atoms with E-state index in [0.717, 1.165) is 5.56 Å². The van der Waals surface area contributed by atoms with Crippen LogP contribution in [0.15, 0.2) is 70.6 Å². The summed E-state index contributed by atoms with van der Waals surface area (Å²) < 4.78 is 30.0. The van der Waals surface area contributed by atoms with Gasteiger partial charge in [-0.2, -0.15) is 0 Å². The largest absolute Gasteiger partial charge is 0.490 e. The van der Waals surface area contributed by atoms with E-state index in [1.807, 2.05) is 38.1 Å². The Balaban J connectivity index is 1.88. The van der Waals surface area contributed by atoms with Crippen LogP contribution in [0.4, 0.5) is 5.69 Å². The number of hydrogen-bond donors (Lipinski definition) is 2. The lowest BCUT2D eigenvalue weighted by Gasteiger charge is -2.19. The van der Waals surface area contributed by atoms with Crippen molar-refractivity contribution in [2.45, 2.75) is 37.9 Å². The SMILES string of the molecule is CCS(=O)(=O)c1ccc(C(O)/C(=N/C)Nc2cc(Cl)c(-c3ccccc3OC(C)C)c(Cl)c2)cc1. The van der Waals surface area contributed by atoms with Gasteiger partial charge in [-0.25, -0.2) is 8.42 Å². The molecule has 0 amide bonds. The molecule has 3 aromatic rings. The van der Waals surface area contributed by atoms with E-state index in [-0.39, 0.29) is 22.6 Å². The highest BCUT2D eigenvalue weighted by Crippen LogP contribution is 2.42. The summed E-state index contributed by atoms with van der Waals surface area (Å²) in [6.07, 6.45) is -1.13. The number of halogens is 2. The number of sulfone groups is 1. The van der Waals surface area contributed by atoms with Crippen LogP contribution in [0.25, 0.3) is 11.1 Å². The Morgan fingerprint density at radius 2 is 1.66 bits per heavy atom. The summed E-state index contributed by atoms with van der Waals surface area (Å²) in [5.41, 5.74) is 2.44. The van der Waals surface area contributed by atoms with Gasteiger partial charge in [0.25, 0.3) is 0 Å². The molecule has 0 bridgehead atoms. The van der Waals surface area contributed by atoms with Gasteiger partial charge in [-0.1, -0.05) is 60.5 Å². The molecular formula is C26H28Cl2N2O4S. The Hall–Kier alpha value is -2.58. The zero-order chi connectivity index (χ0) is 25.8. The molecule has 3 rings (SSSR count). The Bertz CT molecular complexity index is 1300. The van der Waals surface area contributed by atoms with Crippen molar-refractivity contribution in [2.24, 2.45) is 4.99 Å². The molecule has 9 heteroatoms. The van der Waals surface area contributed by atoms with Crippen molar-refractivity contribution < 1.29 is 18.3 Å². The van der Waals surface area contributed by atoms with E-state index in [2.05, 4.69) is 10.3 Å². The first-order chi connectivity index (χ1) is 16.6. The molecular weight excluding hydrogens is 507 g/mol. The van der Waals surface area contributed by atoms with E-state index in [4.69, 9.17) is 27.9 Å². The molecule has 0 saturated carbocycles. The molecule has 1 unspecified atom stereocenters. The lowest BCUT2D eigenvalue weighted by molar-refractivity contribution is 0.243. The number of anilines is 1. The van der Waals surface area contributed by atoms with Crippen molar-refractivity contribution >= 4 is 44.6 Å². The van der Waals surface area contributed by atoms with Gasteiger partial charge in [0.15, 0.2) is 9.84 Å². The number of para-hydroxylation sites is 1. The third-order valence-corrected chi connectivity index (χ3v) is 7.62. The van der Waals surface area contributed by atoms with Gasteiger partial charge in [0.1, 0.15) is 17.7 Å². The summed E-state index contributed by atoms with van der Waals surface area (Å²) in [7, 11) is -1.79. The minimum absolute atomic E-state index is 0.00368. The first-order valence-corrected chi connectivity index (χ1v) is 13.5. The molecule has 0 aliphatic carbocycles. The Morgan fingerprint density at radius 1 is 1.06 bits per heavy atom. The van der Waals surface area contributed by atoms with Gasteiger partial charge in [0.05, 0.1) is 26.8 Å². The topological polar surface area (TPSA) is 88.0 Å². The van der Waals surface area contributed by atoms with Crippen LogP contribution in [0.5, 0.6) is 5.75 Å². The minimum atomic E-state index is -3.33. The highest BCUT2D eigenvalue weighted by atomic mass is 35.5. The summed E-state index contributed by atoms with van der Waals surface area (Å²) in [4.78, 5) is 4.37. The fourth-order valence-electron chi connectivity index (χ4n) is 3.51. The fourth-order valence-corrected chi connectivity index (χ4v) is 5.08. The number of hydrogen-bond acceptors (Lipinski definition) is 5. The molecule has 6 nitrogen and oxygen atoms in total. The molecule has 2 N–H and O–H groups in total. The van der Waals surface area contributed by atoms with Gasteiger partial charge in [-0.3, -0.25) is 4.99 Å². The predicted molar refractivity (Wildman–Crippen MR) is 144 cm³/mol. The summed E-state index contributed by atoms with van der Waals surface area (Å²) in [5.74, 6) is 0.926. The summed E-state index contributed by atoms with van der Waals surface area (Å²) in [6, 6.07) is 17.0. The van der Waals surface area contributed by atoms with E-state index in [0.29, 0.717) is 32.6 Å². The quantitative estimate of drug-likeness (QED) is 0.257. The molecule has 0 fully saturated rings. The van der Waals surface area contributed by atoms with Gasteiger partial charge >= 0.3 is 0 Å². The van der Waals surface area contributed by atoms with Crippen molar-refractivity contribution in [3.63, 3.8) is 0 Å². The maximum atomic E-state index is 12.0. The van der Waals surface area contributed by atoms with Gasteiger partial charge < -0.3 is 15.2 Å². The number of ether oxygens (including phenoxy) is 1. The third-order valence-electron chi connectivity index (χ3n) is 5.27. The molecule has 3 aromatic carbocycles. The average molecular weight is 535 g/mol. The highest BCUT2D eigenvalue weighted by Gasteiger charge is 2.20. The van der Waals surface area contributed by atoms with Crippen LogP contribution in [0, 0.1) is 0 Å². The van der Waals surface area contributed by atoms with Crippen molar-refractivity contribution in [2.75, 3.05) is 18.1 Å². The Labute approximate surface area is 216 Å². The normalized spacial score (nSPS) is 13.1. The third kappa shape index (κ3) is 6.35. The molecule has 0 aromatic heterocycles. The van der Waals surface area contributed by atoms with Crippen LogP contribution >= 0.6 is 23.2 Å². The molecule has 1 atom stereocenters. The lowest BCUT2D eigenvalue weighted by Crippen LogP contribution is -2.21. The molecule has 35 heavy (non-hydrogen) atoms. The van der Waals surface area contributed by atoms with E-state index < -0.39 is 15.9 Å². The van der Waals surface area contributed by atoms with Crippen LogP contribution in [0.2, 0.25) is 10.0 Å². The lowest BCUT2D eigenvalue weighted by atomic mass is 10.0. The maximum absolute atomic E-state index is 12.0. The highest BCUT2D eigenvalue weighted by molar-refractivity contribution is 7.91. The number of benzene rings is 3. The van der Waals surface area contributed by atoms with Crippen molar-refractivity contribution in [1.29, 1.82) is 0 Å². The summed E-state index contributed by atoms with van der Waals surface area (Å²) in [5, 5.41) is 14.7. The van der Waals surface area contributed by atoms with Gasteiger partial charge in [-0.15, -0.1) is 0 Å². The van der Waals surface area contributed by atoms with Gasteiger partial charge in [-0.05, 0) is 49.7 Å². The van der Waals surface area contributed by atoms with Gasteiger partial charge in [0.2, 0.25) is 0 Å². The first-order valence-electron chi connectivity index (χ1n) is 11.1. The zero-order valence-corrected chi connectivity index (χ0v) is 22.2. The molecule has 0 aliphatic rings. The smallest absolute Gasteiger partial charge is 0.178 e. The van der Waals surface area contributed by atoms with Crippen LogP contribution in [-0.2, 0) is 9.84 Å². The van der Waals surface area contributed by atoms with Crippen molar-refractivity contribution in [3.8, 4) is 16.9 Å².